The summed E-state index contributed by atoms with van der Waals surface area (Å²) in [5, 5.41) is 0. The number of hydrogen-bond acceptors (Lipinski definition) is 3. The van der Waals surface area contributed by atoms with Gasteiger partial charge in [0.2, 0.25) is 0 Å². The molecule has 0 unspecified atom stereocenters. The van der Waals surface area contributed by atoms with Crippen molar-refractivity contribution in [3.63, 3.8) is 0 Å². The van der Waals surface area contributed by atoms with E-state index in [0.29, 0.717) is 6.61 Å². The Kier molecular flexibility index (Phi) is 2.72. The van der Waals surface area contributed by atoms with Crippen molar-refractivity contribution in [3.05, 3.63) is 35.9 Å². The molecule has 0 saturated carbocycles. The van der Waals surface area contributed by atoms with Gasteiger partial charge in [-0.15, -0.1) is 0 Å². The molecule has 1 aromatic rings. The molecule has 2 rings (SSSR count). The summed E-state index contributed by atoms with van der Waals surface area (Å²) in [6, 6.07) is 7.70. The van der Waals surface area contributed by atoms with Crippen LogP contribution in [0.2, 0.25) is 0 Å². The van der Waals surface area contributed by atoms with Crippen LogP contribution < -0.4 is 4.74 Å². The number of carbonyl (C=O) groups is 1. The van der Waals surface area contributed by atoms with Crippen LogP contribution in [0.5, 0.6) is 5.75 Å². The topological polar surface area (TPSA) is 35.5 Å². The van der Waals surface area contributed by atoms with E-state index in [9.17, 15) is 4.79 Å². The van der Waals surface area contributed by atoms with Gasteiger partial charge >= 0.3 is 5.97 Å². The van der Waals surface area contributed by atoms with Crippen LogP contribution in [0.3, 0.4) is 0 Å². The van der Waals surface area contributed by atoms with Crippen LogP contribution in [0.4, 0.5) is 0 Å². The van der Waals surface area contributed by atoms with E-state index in [1.807, 2.05) is 24.3 Å². The van der Waals surface area contributed by atoms with Crippen molar-refractivity contribution in [2.75, 3.05) is 13.7 Å². The van der Waals surface area contributed by atoms with Crippen molar-refractivity contribution < 1.29 is 14.3 Å². The second-order valence-electron chi connectivity index (χ2n) is 3.29. The first-order valence-electron chi connectivity index (χ1n) is 4.82. The predicted molar refractivity (Wildman–Crippen MR) is 56.5 cm³/mol. The van der Waals surface area contributed by atoms with E-state index in [0.717, 1.165) is 23.3 Å². The third-order valence-electron chi connectivity index (χ3n) is 2.36. The Hall–Kier alpha value is -1.77. The van der Waals surface area contributed by atoms with Crippen LogP contribution in [-0.2, 0) is 9.53 Å². The van der Waals surface area contributed by atoms with Crippen LogP contribution in [0.15, 0.2) is 30.3 Å². The van der Waals surface area contributed by atoms with Gasteiger partial charge in [0.15, 0.2) is 0 Å². The molecule has 0 N–H and O–H groups in total. The molecule has 0 aromatic heterocycles. The van der Waals surface area contributed by atoms with Gasteiger partial charge < -0.3 is 9.47 Å². The van der Waals surface area contributed by atoms with E-state index < -0.39 is 0 Å². The second kappa shape index (κ2) is 4.17. The van der Waals surface area contributed by atoms with E-state index in [-0.39, 0.29) is 5.97 Å². The molecule has 1 aliphatic heterocycles. The average molecular weight is 204 g/mol. The lowest BCUT2D eigenvalue weighted by Crippen LogP contribution is -2.09. The van der Waals surface area contributed by atoms with Crippen molar-refractivity contribution in [3.8, 4) is 5.75 Å². The minimum Gasteiger partial charge on any atom is -0.493 e. The van der Waals surface area contributed by atoms with Gasteiger partial charge in [0.05, 0.1) is 13.7 Å². The highest BCUT2D eigenvalue weighted by Crippen LogP contribution is 2.32. The average Bonchev–Trinajstić information content (AvgIpc) is 2.29. The third-order valence-corrected chi connectivity index (χ3v) is 2.36. The van der Waals surface area contributed by atoms with Gasteiger partial charge in [0.1, 0.15) is 5.75 Å². The van der Waals surface area contributed by atoms with Gasteiger partial charge in [0.25, 0.3) is 0 Å². The van der Waals surface area contributed by atoms with Crippen molar-refractivity contribution in [1.29, 1.82) is 0 Å². The van der Waals surface area contributed by atoms with Crippen molar-refractivity contribution in [1.82, 2.24) is 0 Å². The van der Waals surface area contributed by atoms with Gasteiger partial charge in [-0.05, 0) is 11.6 Å². The summed E-state index contributed by atoms with van der Waals surface area (Å²) in [5.74, 6) is 0.514. The summed E-state index contributed by atoms with van der Waals surface area (Å²) in [7, 11) is 1.38. The monoisotopic (exact) mass is 204 g/mol. The van der Waals surface area contributed by atoms with Crippen LogP contribution in [0.1, 0.15) is 12.0 Å². The smallest absolute Gasteiger partial charge is 0.330 e. The maximum atomic E-state index is 11.2. The van der Waals surface area contributed by atoms with E-state index in [1.54, 1.807) is 0 Å². The van der Waals surface area contributed by atoms with E-state index in [4.69, 9.17) is 4.74 Å². The van der Waals surface area contributed by atoms with Crippen LogP contribution in [0, 0.1) is 0 Å². The number of rotatable bonds is 1. The van der Waals surface area contributed by atoms with Crippen LogP contribution in [-0.4, -0.2) is 19.7 Å². The van der Waals surface area contributed by atoms with Crippen molar-refractivity contribution in [2.45, 2.75) is 6.42 Å². The Morgan fingerprint density at radius 3 is 3.07 bits per heavy atom. The minimum atomic E-state index is -0.318. The number of carbonyl (C=O) groups excluding carboxylic acids is 1. The Bertz CT molecular complexity index is 407. The first kappa shape index (κ1) is 9.77. The fourth-order valence-electron chi connectivity index (χ4n) is 1.61. The summed E-state index contributed by atoms with van der Waals surface area (Å²) in [6.45, 7) is 0.611. The molecule has 3 heteroatoms. The Morgan fingerprint density at radius 1 is 1.47 bits per heavy atom. The zero-order valence-electron chi connectivity index (χ0n) is 8.53. The summed E-state index contributed by atoms with van der Waals surface area (Å²) in [5.41, 5.74) is 1.96. The van der Waals surface area contributed by atoms with Gasteiger partial charge in [-0.2, -0.15) is 0 Å². The second-order valence-corrected chi connectivity index (χ2v) is 3.29. The normalized spacial score (nSPS) is 16.7. The highest BCUT2D eigenvalue weighted by Gasteiger charge is 2.15. The molecule has 1 aromatic carbocycles. The third kappa shape index (κ3) is 2.01. The lowest BCUT2D eigenvalue weighted by molar-refractivity contribution is -0.134. The molecule has 78 valence electrons. The molecule has 0 atom stereocenters. The Balaban J connectivity index is 2.37. The first-order valence-corrected chi connectivity index (χ1v) is 4.82. The van der Waals surface area contributed by atoms with Crippen LogP contribution in [0.25, 0.3) is 5.57 Å². The van der Waals surface area contributed by atoms with Gasteiger partial charge in [-0.1, -0.05) is 18.2 Å². The number of para-hydroxylation sites is 1. The molecule has 0 amide bonds. The molecule has 0 fully saturated rings. The number of fused-ring (bicyclic) bond motifs is 1. The van der Waals surface area contributed by atoms with E-state index in [2.05, 4.69) is 4.74 Å². The SMILES string of the molecule is COC(=O)/C=C1/CCOc2ccccc21. The molecule has 0 spiro atoms. The number of ether oxygens (including phenoxy) is 2. The zero-order valence-corrected chi connectivity index (χ0v) is 8.53. The molecule has 15 heavy (non-hydrogen) atoms. The zero-order chi connectivity index (χ0) is 10.7. The largest absolute Gasteiger partial charge is 0.493 e. The molecule has 3 nitrogen and oxygen atoms in total. The van der Waals surface area contributed by atoms with Crippen molar-refractivity contribution >= 4 is 11.5 Å². The highest BCUT2D eigenvalue weighted by molar-refractivity contribution is 5.92. The number of hydrogen-bond donors (Lipinski definition) is 0. The molecular formula is C12H12O3. The quantitative estimate of drug-likeness (QED) is 0.518. The first-order chi connectivity index (χ1) is 7.31. The fourth-order valence-corrected chi connectivity index (χ4v) is 1.61. The Labute approximate surface area is 88.3 Å². The minimum absolute atomic E-state index is 0.318. The maximum Gasteiger partial charge on any atom is 0.330 e. The molecule has 1 heterocycles. The molecule has 0 bridgehead atoms. The summed E-state index contributed by atoms with van der Waals surface area (Å²) in [4.78, 5) is 11.2. The predicted octanol–water partition coefficient (Wildman–Crippen LogP) is 2.03. The van der Waals surface area contributed by atoms with Gasteiger partial charge in [-0.3, -0.25) is 0 Å². The van der Waals surface area contributed by atoms with Gasteiger partial charge in [0, 0.05) is 18.1 Å². The van der Waals surface area contributed by atoms with E-state index >= 15 is 0 Å². The molecular weight excluding hydrogens is 192 g/mol. The van der Waals surface area contributed by atoms with Crippen molar-refractivity contribution in [2.24, 2.45) is 0 Å². The summed E-state index contributed by atoms with van der Waals surface area (Å²) in [6.07, 6.45) is 2.27. The molecule has 1 aliphatic rings. The number of methoxy groups -OCH3 is 1. The molecule has 0 saturated heterocycles. The molecule has 0 aliphatic carbocycles. The summed E-state index contributed by atoms with van der Waals surface area (Å²) >= 11 is 0. The standard InChI is InChI=1S/C12H12O3/c1-14-12(13)8-9-6-7-15-11-5-3-2-4-10(9)11/h2-5,8H,6-7H2,1H3/b9-8-. The lowest BCUT2D eigenvalue weighted by Gasteiger charge is -2.19. The molecule has 0 radical (unpaired) electrons. The summed E-state index contributed by atoms with van der Waals surface area (Å²) < 4.78 is 10.1. The highest BCUT2D eigenvalue weighted by atomic mass is 16.5. The maximum absolute atomic E-state index is 11.2. The number of benzene rings is 1. The Morgan fingerprint density at radius 2 is 2.27 bits per heavy atom. The van der Waals surface area contributed by atoms with Gasteiger partial charge in [-0.25, -0.2) is 4.79 Å². The number of esters is 1. The lowest BCUT2D eigenvalue weighted by atomic mass is 9.99. The fraction of sp³-hybridized carbons (Fsp3) is 0.250. The van der Waals surface area contributed by atoms with Crippen LogP contribution >= 0.6 is 0 Å². The van der Waals surface area contributed by atoms with E-state index in [1.165, 1.54) is 13.2 Å².